The lowest BCUT2D eigenvalue weighted by Crippen LogP contribution is -2.37. The fourth-order valence-corrected chi connectivity index (χ4v) is 5.67. The number of benzene rings is 2. The molecule has 0 aliphatic carbocycles. The zero-order valence-corrected chi connectivity index (χ0v) is 19.6. The van der Waals surface area contributed by atoms with E-state index in [2.05, 4.69) is 72.8 Å². The first kappa shape index (κ1) is 21.1. The molecule has 0 radical (unpaired) electrons. The van der Waals surface area contributed by atoms with E-state index in [0.29, 0.717) is 6.42 Å². The minimum absolute atomic E-state index is 0.117. The minimum Gasteiger partial charge on any atom is -0.306 e. The SMILES string of the molecule is CCc1ccc(-c2csc3nc(Cc4ccccc4)n(C4CCN(C)CC4)c(=O)c23)cc1. The third kappa shape index (κ3) is 4.03. The number of nitrogens with zero attached hydrogens (tertiary/aromatic N) is 3. The summed E-state index contributed by atoms with van der Waals surface area (Å²) in [5, 5.41) is 2.88. The number of piperidine rings is 1. The first-order valence-electron chi connectivity index (χ1n) is 11.5. The molecule has 0 amide bonds. The number of hydrogen-bond acceptors (Lipinski definition) is 4. The maximum Gasteiger partial charge on any atom is 0.263 e. The molecule has 164 valence electrons. The molecule has 5 heteroatoms. The van der Waals surface area contributed by atoms with E-state index in [1.54, 1.807) is 11.3 Å². The highest BCUT2D eigenvalue weighted by Crippen LogP contribution is 2.33. The molecule has 0 saturated carbocycles. The van der Waals surface area contributed by atoms with Crippen molar-refractivity contribution in [1.82, 2.24) is 14.5 Å². The van der Waals surface area contributed by atoms with Gasteiger partial charge in [0.25, 0.3) is 5.56 Å². The Kier molecular flexibility index (Phi) is 5.94. The standard InChI is InChI=1S/C27H29N3OS/c1-3-19-9-11-21(12-10-19)23-18-32-26-25(23)27(31)30(22-13-15-29(2)16-14-22)24(28-26)17-20-7-5-4-6-8-20/h4-12,18,22H,3,13-17H2,1-2H3. The second-order valence-corrected chi connectivity index (χ2v) is 9.64. The van der Waals surface area contributed by atoms with Gasteiger partial charge in [0.15, 0.2) is 0 Å². The third-order valence-corrected chi connectivity index (χ3v) is 7.52. The molecule has 3 heterocycles. The summed E-state index contributed by atoms with van der Waals surface area (Å²) in [5.74, 6) is 0.887. The predicted molar refractivity (Wildman–Crippen MR) is 134 cm³/mol. The molecule has 0 spiro atoms. The molecule has 5 rings (SSSR count). The molecule has 32 heavy (non-hydrogen) atoms. The average molecular weight is 444 g/mol. The van der Waals surface area contributed by atoms with Crippen molar-refractivity contribution in [1.29, 1.82) is 0 Å². The van der Waals surface area contributed by atoms with E-state index >= 15 is 0 Å². The lowest BCUT2D eigenvalue weighted by Gasteiger charge is -2.31. The fourth-order valence-electron chi connectivity index (χ4n) is 4.71. The molecule has 4 aromatic rings. The quantitative estimate of drug-likeness (QED) is 0.406. The van der Waals surface area contributed by atoms with Crippen LogP contribution in [-0.2, 0) is 12.8 Å². The lowest BCUT2D eigenvalue weighted by atomic mass is 10.0. The Balaban J connectivity index is 1.66. The molecule has 1 fully saturated rings. The first-order chi connectivity index (χ1) is 15.6. The predicted octanol–water partition coefficient (Wildman–Crippen LogP) is 5.54. The minimum atomic E-state index is 0.117. The van der Waals surface area contributed by atoms with Crippen molar-refractivity contribution < 1.29 is 0 Å². The van der Waals surface area contributed by atoms with Crippen LogP contribution >= 0.6 is 11.3 Å². The van der Waals surface area contributed by atoms with Crippen molar-refractivity contribution in [2.24, 2.45) is 0 Å². The number of aromatic nitrogens is 2. The molecular weight excluding hydrogens is 414 g/mol. The van der Waals surface area contributed by atoms with Crippen molar-refractivity contribution in [3.8, 4) is 11.1 Å². The van der Waals surface area contributed by atoms with Crippen LogP contribution in [0.15, 0.2) is 64.8 Å². The summed E-state index contributed by atoms with van der Waals surface area (Å²) in [4.78, 5) is 22.3. The van der Waals surface area contributed by atoms with Gasteiger partial charge in [-0.05, 0) is 56.1 Å². The van der Waals surface area contributed by atoms with Crippen molar-refractivity contribution in [2.45, 2.75) is 38.6 Å². The topological polar surface area (TPSA) is 38.1 Å². The van der Waals surface area contributed by atoms with Crippen molar-refractivity contribution in [3.05, 3.63) is 87.3 Å². The highest BCUT2D eigenvalue weighted by atomic mass is 32.1. The summed E-state index contributed by atoms with van der Waals surface area (Å²) in [6.07, 6.45) is 3.65. The van der Waals surface area contributed by atoms with E-state index < -0.39 is 0 Å². The molecule has 1 saturated heterocycles. The van der Waals surface area contributed by atoms with Crippen LogP contribution in [0.3, 0.4) is 0 Å². The maximum absolute atomic E-state index is 14.0. The summed E-state index contributed by atoms with van der Waals surface area (Å²) in [7, 11) is 2.16. The summed E-state index contributed by atoms with van der Waals surface area (Å²) < 4.78 is 2.03. The van der Waals surface area contributed by atoms with Crippen molar-refractivity contribution in [2.75, 3.05) is 20.1 Å². The fraction of sp³-hybridized carbons (Fsp3) is 0.333. The molecule has 0 atom stereocenters. The Morgan fingerprint density at radius 2 is 1.72 bits per heavy atom. The first-order valence-corrected chi connectivity index (χ1v) is 12.4. The monoisotopic (exact) mass is 443 g/mol. The van der Waals surface area contributed by atoms with E-state index in [0.717, 1.165) is 59.5 Å². The number of fused-ring (bicyclic) bond motifs is 1. The maximum atomic E-state index is 14.0. The summed E-state index contributed by atoms with van der Waals surface area (Å²) in [6.45, 7) is 4.18. The van der Waals surface area contributed by atoms with Crippen LogP contribution in [-0.4, -0.2) is 34.6 Å². The molecule has 0 unspecified atom stereocenters. The van der Waals surface area contributed by atoms with Crippen molar-refractivity contribution in [3.63, 3.8) is 0 Å². The molecule has 2 aromatic heterocycles. The number of likely N-dealkylation sites (tertiary alicyclic amines) is 1. The van der Waals surface area contributed by atoms with Gasteiger partial charge in [0, 0.05) is 23.4 Å². The van der Waals surface area contributed by atoms with Crippen LogP contribution < -0.4 is 5.56 Å². The highest BCUT2D eigenvalue weighted by molar-refractivity contribution is 7.17. The average Bonchev–Trinajstić information content (AvgIpc) is 3.25. The van der Waals surface area contributed by atoms with Gasteiger partial charge < -0.3 is 4.90 Å². The van der Waals surface area contributed by atoms with E-state index in [1.165, 1.54) is 11.1 Å². The normalized spacial score (nSPS) is 15.4. The van der Waals surface area contributed by atoms with E-state index in [-0.39, 0.29) is 11.6 Å². The molecule has 1 aliphatic rings. The summed E-state index contributed by atoms with van der Waals surface area (Å²) in [6, 6.07) is 19.1. The van der Waals surface area contributed by atoms with Gasteiger partial charge in [-0.3, -0.25) is 9.36 Å². The van der Waals surface area contributed by atoms with Gasteiger partial charge in [0.05, 0.1) is 5.39 Å². The Morgan fingerprint density at radius 3 is 2.41 bits per heavy atom. The highest BCUT2D eigenvalue weighted by Gasteiger charge is 2.25. The third-order valence-electron chi connectivity index (χ3n) is 6.64. The van der Waals surface area contributed by atoms with Gasteiger partial charge in [-0.2, -0.15) is 0 Å². The summed E-state index contributed by atoms with van der Waals surface area (Å²) in [5.41, 5.74) is 4.72. The van der Waals surface area contributed by atoms with E-state index in [9.17, 15) is 4.79 Å². The van der Waals surface area contributed by atoms with E-state index in [4.69, 9.17) is 4.98 Å². The Hall–Kier alpha value is -2.76. The number of hydrogen-bond donors (Lipinski definition) is 0. The molecule has 4 nitrogen and oxygen atoms in total. The van der Waals surface area contributed by atoms with Gasteiger partial charge in [-0.1, -0.05) is 61.5 Å². The van der Waals surface area contributed by atoms with Crippen LogP contribution in [0.25, 0.3) is 21.3 Å². The second-order valence-electron chi connectivity index (χ2n) is 8.78. The van der Waals surface area contributed by atoms with Crippen LogP contribution in [0.1, 0.15) is 42.8 Å². The summed E-state index contributed by atoms with van der Waals surface area (Å²) >= 11 is 1.58. The van der Waals surface area contributed by atoms with Gasteiger partial charge in [-0.25, -0.2) is 4.98 Å². The Morgan fingerprint density at radius 1 is 1.00 bits per heavy atom. The molecule has 0 N–H and O–H groups in total. The lowest BCUT2D eigenvalue weighted by molar-refractivity contribution is 0.216. The van der Waals surface area contributed by atoms with Crippen LogP contribution in [0.4, 0.5) is 0 Å². The Labute approximate surface area is 193 Å². The van der Waals surface area contributed by atoms with Gasteiger partial charge in [-0.15, -0.1) is 11.3 Å². The second kappa shape index (κ2) is 9.00. The number of rotatable bonds is 5. The molecule has 0 bridgehead atoms. The van der Waals surface area contributed by atoms with E-state index in [1.807, 2.05) is 10.6 Å². The largest absolute Gasteiger partial charge is 0.306 e. The van der Waals surface area contributed by atoms with Crippen LogP contribution in [0.5, 0.6) is 0 Å². The van der Waals surface area contributed by atoms with Gasteiger partial charge >= 0.3 is 0 Å². The number of aryl methyl sites for hydroxylation is 1. The van der Waals surface area contributed by atoms with Gasteiger partial charge in [0.2, 0.25) is 0 Å². The van der Waals surface area contributed by atoms with Crippen molar-refractivity contribution >= 4 is 21.6 Å². The van der Waals surface area contributed by atoms with Crippen LogP contribution in [0.2, 0.25) is 0 Å². The smallest absolute Gasteiger partial charge is 0.263 e. The zero-order valence-electron chi connectivity index (χ0n) is 18.8. The van der Waals surface area contributed by atoms with Gasteiger partial charge in [0.1, 0.15) is 10.7 Å². The number of thiophene rings is 1. The molecule has 2 aromatic carbocycles. The Bertz CT molecular complexity index is 1270. The zero-order chi connectivity index (χ0) is 22.1. The molecule has 1 aliphatic heterocycles. The van der Waals surface area contributed by atoms with Crippen LogP contribution in [0, 0.1) is 0 Å². The molecular formula is C27H29N3OS.